The molecule has 1 aliphatic rings. The molecular formula is C10H16Cl2N4O. The van der Waals surface area contributed by atoms with Gasteiger partial charge in [0.25, 0.3) is 0 Å². The van der Waals surface area contributed by atoms with E-state index < -0.39 is 0 Å². The Hall–Kier alpha value is -0.780. The fourth-order valence-corrected chi connectivity index (χ4v) is 1.76. The fraction of sp³-hybridized carbons (Fsp3) is 0.600. The van der Waals surface area contributed by atoms with E-state index in [0.717, 1.165) is 19.5 Å². The second-order valence-corrected chi connectivity index (χ2v) is 4.02. The van der Waals surface area contributed by atoms with Crippen molar-refractivity contribution in [1.82, 2.24) is 15.3 Å². The molecule has 0 aliphatic carbocycles. The largest absolute Gasteiger partial charge is 0.477 e. The molecule has 0 amide bonds. The number of rotatable bonds is 4. The molecule has 96 valence electrons. The molecule has 0 unspecified atom stereocenters. The van der Waals surface area contributed by atoms with E-state index in [0.29, 0.717) is 29.5 Å². The van der Waals surface area contributed by atoms with E-state index in [1.165, 1.54) is 0 Å². The van der Waals surface area contributed by atoms with Crippen LogP contribution >= 0.6 is 24.0 Å². The number of ether oxygens (including phenoxy) is 1. The van der Waals surface area contributed by atoms with Gasteiger partial charge in [0.15, 0.2) is 0 Å². The third kappa shape index (κ3) is 3.87. The van der Waals surface area contributed by atoms with Crippen LogP contribution in [-0.4, -0.2) is 35.7 Å². The normalized spacial score (nSPS) is 18.6. The Labute approximate surface area is 112 Å². The van der Waals surface area contributed by atoms with Crippen LogP contribution in [0.2, 0.25) is 5.02 Å². The van der Waals surface area contributed by atoms with E-state index >= 15 is 0 Å². The maximum Gasteiger partial charge on any atom is 0.237 e. The van der Waals surface area contributed by atoms with E-state index in [1.807, 2.05) is 6.92 Å². The Balaban J connectivity index is 0.00000144. The standard InChI is InChI=1S/C10H15ClN4O.ClH/c1-2-16-9-8(11)6-13-10(15-9)14-7-3-4-12-5-7;/h6-7,12H,2-5H2,1H3,(H,13,14,15);1H/t7-;/m1./s1. The molecule has 17 heavy (non-hydrogen) atoms. The number of hydrogen-bond acceptors (Lipinski definition) is 5. The zero-order valence-corrected chi connectivity index (χ0v) is 11.1. The second-order valence-electron chi connectivity index (χ2n) is 3.61. The highest BCUT2D eigenvalue weighted by Crippen LogP contribution is 2.22. The number of anilines is 1. The SMILES string of the molecule is CCOc1nc(N[C@@H]2CCNC2)ncc1Cl.Cl. The van der Waals surface area contributed by atoms with Gasteiger partial charge in [-0.1, -0.05) is 11.6 Å². The third-order valence-corrected chi connectivity index (χ3v) is 2.65. The van der Waals surface area contributed by atoms with E-state index in [4.69, 9.17) is 16.3 Å². The summed E-state index contributed by atoms with van der Waals surface area (Å²) in [5, 5.41) is 6.95. The van der Waals surface area contributed by atoms with Crippen LogP contribution in [0, 0.1) is 0 Å². The summed E-state index contributed by atoms with van der Waals surface area (Å²) in [5.74, 6) is 1.01. The average Bonchev–Trinajstić information content (AvgIpc) is 2.76. The lowest BCUT2D eigenvalue weighted by Crippen LogP contribution is -2.23. The molecule has 0 spiro atoms. The zero-order chi connectivity index (χ0) is 11.4. The predicted octanol–water partition coefficient (Wildman–Crippen LogP) is 1.72. The first-order valence-electron chi connectivity index (χ1n) is 5.42. The van der Waals surface area contributed by atoms with Gasteiger partial charge in [-0.15, -0.1) is 12.4 Å². The molecule has 0 aromatic carbocycles. The molecule has 2 N–H and O–H groups in total. The van der Waals surface area contributed by atoms with Crippen molar-refractivity contribution in [1.29, 1.82) is 0 Å². The van der Waals surface area contributed by atoms with Gasteiger partial charge < -0.3 is 15.4 Å². The van der Waals surface area contributed by atoms with Crippen molar-refractivity contribution < 1.29 is 4.74 Å². The first kappa shape index (κ1) is 14.3. The Morgan fingerprint density at radius 1 is 1.65 bits per heavy atom. The average molecular weight is 279 g/mol. The Morgan fingerprint density at radius 2 is 2.47 bits per heavy atom. The van der Waals surface area contributed by atoms with Gasteiger partial charge in [0.2, 0.25) is 11.8 Å². The molecule has 1 aromatic heterocycles. The lowest BCUT2D eigenvalue weighted by atomic mass is 10.3. The third-order valence-electron chi connectivity index (χ3n) is 2.39. The summed E-state index contributed by atoms with van der Waals surface area (Å²) in [6, 6.07) is 0.385. The van der Waals surface area contributed by atoms with Crippen molar-refractivity contribution in [2.45, 2.75) is 19.4 Å². The summed E-state index contributed by atoms with van der Waals surface area (Å²) < 4.78 is 5.30. The highest BCUT2D eigenvalue weighted by atomic mass is 35.5. The Morgan fingerprint density at radius 3 is 3.12 bits per heavy atom. The molecule has 1 aliphatic heterocycles. The topological polar surface area (TPSA) is 59.1 Å². The Kier molecular flexibility index (Phi) is 5.74. The van der Waals surface area contributed by atoms with Crippen molar-refractivity contribution in [3.8, 4) is 5.88 Å². The molecule has 2 heterocycles. The summed E-state index contributed by atoms with van der Waals surface area (Å²) in [5.41, 5.74) is 0. The molecular weight excluding hydrogens is 263 g/mol. The quantitative estimate of drug-likeness (QED) is 0.879. The highest BCUT2D eigenvalue weighted by molar-refractivity contribution is 6.31. The summed E-state index contributed by atoms with van der Waals surface area (Å²) in [6.45, 7) is 4.41. The number of aromatic nitrogens is 2. The lowest BCUT2D eigenvalue weighted by Gasteiger charge is -2.12. The maximum atomic E-state index is 5.90. The van der Waals surface area contributed by atoms with Crippen LogP contribution in [-0.2, 0) is 0 Å². The lowest BCUT2D eigenvalue weighted by molar-refractivity contribution is 0.327. The smallest absolute Gasteiger partial charge is 0.237 e. The number of nitrogens with zero attached hydrogens (tertiary/aromatic N) is 2. The predicted molar refractivity (Wildman–Crippen MR) is 70.4 cm³/mol. The molecule has 1 fully saturated rings. The van der Waals surface area contributed by atoms with Crippen LogP contribution in [0.3, 0.4) is 0 Å². The van der Waals surface area contributed by atoms with Crippen LogP contribution < -0.4 is 15.4 Å². The minimum atomic E-state index is 0. The van der Waals surface area contributed by atoms with Gasteiger partial charge in [-0.25, -0.2) is 4.98 Å². The molecule has 1 saturated heterocycles. The van der Waals surface area contributed by atoms with Gasteiger partial charge >= 0.3 is 0 Å². The van der Waals surface area contributed by atoms with E-state index in [-0.39, 0.29) is 12.4 Å². The molecule has 0 bridgehead atoms. The number of nitrogens with one attached hydrogen (secondary N) is 2. The first-order valence-corrected chi connectivity index (χ1v) is 5.80. The number of hydrogen-bond donors (Lipinski definition) is 2. The summed E-state index contributed by atoms with van der Waals surface area (Å²) in [7, 11) is 0. The van der Waals surface area contributed by atoms with Crippen LogP contribution in [0.25, 0.3) is 0 Å². The van der Waals surface area contributed by atoms with Crippen molar-refractivity contribution in [3.63, 3.8) is 0 Å². The van der Waals surface area contributed by atoms with Gasteiger partial charge in [0.1, 0.15) is 5.02 Å². The zero-order valence-electron chi connectivity index (χ0n) is 9.57. The molecule has 0 saturated carbocycles. The van der Waals surface area contributed by atoms with Crippen molar-refractivity contribution in [2.75, 3.05) is 25.0 Å². The van der Waals surface area contributed by atoms with E-state index in [9.17, 15) is 0 Å². The van der Waals surface area contributed by atoms with Crippen LogP contribution in [0.5, 0.6) is 5.88 Å². The summed E-state index contributed by atoms with van der Waals surface area (Å²) >= 11 is 5.90. The minimum Gasteiger partial charge on any atom is -0.477 e. The van der Waals surface area contributed by atoms with Crippen molar-refractivity contribution in [2.24, 2.45) is 0 Å². The van der Waals surface area contributed by atoms with Gasteiger partial charge in [0, 0.05) is 12.6 Å². The van der Waals surface area contributed by atoms with Crippen LogP contribution in [0.15, 0.2) is 6.20 Å². The monoisotopic (exact) mass is 278 g/mol. The van der Waals surface area contributed by atoms with Gasteiger partial charge in [-0.3, -0.25) is 0 Å². The van der Waals surface area contributed by atoms with Crippen LogP contribution in [0.4, 0.5) is 5.95 Å². The van der Waals surface area contributed by atoms with Gasteiger partial charge in [-0.05, 0) is 19.9 Å². The number of halogens is 2. The maximum absolute atomic E-state index is 5.90. The second kappa shape index (κ2) is 6.83. The van der Waals surface area contributed by atoms with Gasteiger partial charge in [0.05, 0.1) is 12.8 Å². The van der Waals surface area contributed by atoms with Gasteiger partial charge in [-0.2, -0.15) is 4.98 Å². The molecule has 7 heteroatoms. The Bertz CT molecular complexity index is 358. The molecule has 0 radical (unpaired) electrons. The van der Waals surface area contributed by atoms with Crippen molar-refractivity contribution >= 4 is 30.0 Å². The molecule has 1 atom stereocenters. The summed E-state index contributed by atoms with van der Waals surface area (Å²) in [4.78, 5) is 8.34. The molecule has 1 aromatic rings. The van der Waals surface area contributed by atoms with Crippen molar-refractivity contribution in [3.05, 3.63) is 11.2 Å². The van der Waals surface area contributed by atoms with Crippen LogP contribution in [0.1, 0.15) is 13.3 Å². The molecule has 2 rings (SSSR count). The highest BCUT2D eigenvalue weighted by Gasteiger charge is 2.15. The van der Waals surface area contributed by atoms with E-state index in [1.54, 1.807) is 6.20 Å². The summed E-state index contributed by atoms with van der Waals surface area (Å²) in [6.07, 6.45) is 2.64. The van der Waals surface area contributed by atoms with E-state index in [2.05, 4.69) is 20.6 Å². The first-order chi connectivity index (χ1) is 7.79. The fourth-order valence-electron chi connectivity index (χ4n) is 1.62. The minimum absolute atomic E-state index is 0. The molecule has 5 nitrogen and oxygen atoms in total.